The molecule has 1 unspecified atom stereocenters. The van der Waals surface area contributed by atoms with Gasteiger partial charge in [-0.25, -0.2) is 4.39 Å². The van der Waals surface area contributed by atoms with Gasteiger partial charge in [-0.15, -0.1) is 0 Å². The molecule has 3 N–H and O–H groups in total. The van der Waals surface area contributed by atoms with Gasteiger partial charge in [0.1, 0.15) is 0 Å². The third-order valence-electron chi connectivity index (χ3n) is 1.83. The average molecular weight is 227 g/mol. The summed E-state index contributed by atoms with van der Waals surface area (Å²) in [6, 6.07) is 2.17. The summed E-state index contributed by atoms with van der Waals surface area (Å²) in [6.45, 7) is 1.44. The Bertz CT molecular complexity index is 434. The van der Waals surface area contributed by atoms with Gasteiger partial charge in [-0.05, 0) is 13.0 Å². The monoisotopic (exact) mass is 227 g/mol. The van der Waals surface area contributed by atoms with E-state index in [1.807, 2.05) is 0 Å². The number of nitro groups is 1. The quantitative estimate of drug-likeness (QED) is 0.594. The average Bonchev–Trinajstić information content (AvgIpc) is 2.20. The Kier molecular flexibility index (Phi) is 3.51. The van der Waals surface area contributed by atoms with E-state index in [4.69, 9.17) is 5.73 Å². The minimum atomic E-state index is -0.872. The second kappa shape index (κ2) is 4.67. The number of rotatable bonds is 3. The van der Waals surface area contributed by atoms with Crippen molar-refractivity contribution in [1.82, 2.24) is 0 Å². The SMILES string of the molecule is CC(N)C(=O)Nc1ccc([N+](=O)[O-])cc1F. The molecule has 0 radical (unpaired) electrons. The topological polar surface area (TPSA) is 98.3 Å². The molecule has 1 aromatic rings. The van der Waals surface area contributed by atoms with Gasteiger partial charge in [0.25, 0.3) is 5.69 Å². The molecule has 86 valence electrons. The predicted molar refractivity (Wildman–Crippen MR) is 55.3 cm³/mol. The lowest BCUT2D eigenvalue weighted by molar-refractivity contribution is -0.385. The molecule has 16 heavy (non-hydrogen) atoms. The maximum Gasteiger partial charge on any atom is 0.272 e. The van der Waals surface area contributed by atoms with E-state index in [0.29, 0.717) is 0 Å². The van der Waals surface area contributed by atoms with E-state index < -0.39 is 22.7 Å². The Morgan fingerprint density at radius 3 is 2.69 bits per heavy atom. The molecule has 1 atom stereocenters. The van der Waals surface area contributed by atoms with Crippen LogP contribution in [0.5, 0.6) is 0 Å². The zero-order chi connectivity index (χ0) is 12.3. The lowest BCUT2D eigenvalue weighted by Gasteiger charge is -2.08. The van der Waals surface area contributed by atoms with Crippen LogP contribution in [0.15, 0.2) is 18.2 Å². The summed E-state index contributed by atoms with van der Waals surface area (Å²) in [5, 5.41) is 12.5. The molecule has 0 spiro atoms. The largest absolute Gasteiger partial charge is 0.322 e. The summed E-state index contributed by atoms with van der Waals surface area (Å²) < 4.78 is 13.3. The minimum absolute atomic E-state index is 0.132. The number of hydrogen-bond acceptors (Lipinski definition) is 4. The van der Waals surface area contributed by atoms with E-state index in [0.717, 1.165) is 18.2 Å². The van der Waals surface area contributed by atoms with Crippen molar-refractivity contribution < 1.29 is 14.1 Å². The molecule has 1 rings (SSSR count). The maximum absolute atomic E-state index is 13.3. The molecule has 0 saturated carbocycles. The molecule has 0 bridgehead atoms. The van der Waals surface area contributed by atoms with Crippen LogP contribution in [0.25, 0.3) is 0 Å². The van der Waals surface area contributed by atoms with E-state index >= 15 is 0 Å². The van der Waals surface area contributed by atoms with Gasteiger partial charge in [-0.3, -0.25) is 14.9 Å². The van der Waals surface area contributed by atoms with Gasteiger partial charge in [-0.1, -0.05) is 0 Å². The Morgan fingerprint density at radius 1 is 1.62 bits per heavy atom. The summed E-state index contributed by atoms with van der Waals surface area (Å²) in [5.74, 6) is -1.43. The van der Waals surface area contributed by atoms with Crippen LogP contribution < -0.4 is 11.1 Å². The molecule has 0 aromatic heterocycles. The number of nitrogens with zero attached hydrogens (tertiary/aromatic N) is 1. The summed E-state index contributed by atoms with van der Waals surface area (Å²) in [5.41, 5.74) is 4.76. The van der Waals surface area contributed by atoms with E-state index in [2.05, 4.69) is 5.32 Å². The zero-order valence-electron chi connectivity index (χ0n) is 8.44. The van der Waals surface area contributed by atoms with Crippen molar-refractivity contribution in [2.45, 2.75) is 13.0 Å². The predicted octanol–water partition coefficient (Wildman–Crippen LogP) is 1.02. The van der Waals surface area contributed by atoms with Gasteiger partial charge in [0.15, 0.2) is 5.82 Å². The van der Waals surface area contributed by atoms with Crippen LogP contribution in [-0.4, -0.2) is 16.9 Å². The van der Waals surface area contributed by atoms with Crippen LogP contribution in [0.1, 0.15) is 6.92 Å². The Labute approximate surface area is 90.4 Å². The van der Waals surface area contributed by atoms with Crippen molar-refractivity contribution in [3.8, 4) is 0 Å². The summed E-state index contributed by atoms with van der Waals surface area (Å²) in [7, 11) is 0. The normalized spacial score (nSPS) is 11.9. The molecule has 0 aliphatic heterocycles. The number of benzene rings is 1. The zero-order valence-corrected chi connectivity index (χ0v) is 8.44. The minimum Gasteiger partial charge on any atom is -0.322 e. The molecule has 6 nitrogen and oxygen atoms in total. The molecule has 7 heteroatoms. The second-order valence-electron chi connectivity index (χ2n) is 3.20. The fraction of sp³-hybridized carbons (Fsp3) is 0.222. The molecule has 0 aliphatic carbocycles. The van der Waals surface area contributed by atoms with Gasteiger partial charge in [0, 0.05) is 6.07 Å². The van der Waals surface area contributed by atoms with Crippen molar-refractivity contribution in [3.63, 3.8) is 0 Å². The van der Waals surface area contributed by atoms with Gasteiger partial charge >= 0.3 is 0 Å². The van der Waals surface area contributed by atoms with Crippen molar-refractivity contribution in [2.24, 2.45) is 5.73 Å². The fourth-order valence-corrected chi connectivity index (χ4v) is 0.966. The molecular weight excluding hydrogens is 217 g/mol. The van der Waals surface area contributed by atoms with Gasteiger partial charge in [0.2, 0.25) is 5.91 Å². The van der Waals surface area contributed by atoms with Crippen molar-refractivity contribution in [2.75, 3.05) is 5.32 Å². The van der Waals surface area contributed by atoms with Crippen LogP contribution in [0.2, 0.25) is 0 Å². The summed E-state index contributed by atoms with van der Waals surface area (Å²) >= 11 is 0. The van der Waals surface area contributed by atoms with Crippen LogP contribution in [0, 0.1) is 15.9 Å². The van der Waals surface area contributed by atoms with E-state index in [1.165, 1.54) is 6.92 Å². The lowest BCUT2D eigenvalue weighted by atomic mass is 10.2. The number of hydrogen-bond donors (Lipinski definition) is 2. The first-order chi connectivity index (χ1) is 7.41. The molecular formula is C9H10FN3O3. The highest BCUT2D eigenvalue weighted by Gasteiger charge is 2.14. The number of nitrogens with two attached hydrogens (primary N) is 1. The number of amides is 1. The summed E-state index contributed by atoms with van der Waals surface area (Å²) in [6.07, 6.45) is 0. The van der Waals surface area contributed by atoms with Gasteiger partial charge in [-0.2, -0.15) is 0 Å². The standard InChI is InChI=1S/C9H10FN3O3/c1-5(11)9(14)12-8-3-2-6(13(15)16)4-7(8)10/h2-5H,11H2,1H3,(H,12,14). The number of anilines is 1. The van der Waals surface area contributed by atoms with Crippen molar-refractivity contribution >= 4 is 17.3 Å². The molecule has 1 amide bonds. The molecule has 0 fully saturated rings. The first-order valence-electron chi connectivity index (χ1n) is 4.42. The first kappa shape index (κ1) is 12.1. The number of carbonyl (C=O) groups excluding carboxylic acids is 1. The molecule has 0 heterocycles. The summed E-state index contributed by atoms with van der Waals surface area (Å²) in [4.78, 5) is 20.8. The van der Waals surface area contributed by atoms with Gasteiger partial charge < -0.3 is 11.1 Å². The highest BCUT2D eigenvalue weighted by Crippen LogP contribution is 2.20. The number of nitrogens with one attached hydrogen (secondary N) is 1. The maximum atomic E-state index is 13.3. The van der Waals surface area contributed by atoms with Crippen LogP contribution >= 0.6 is 0 Å². The third-order valence-corrected chi connectivity index (χ3v) is 1.83. The second-order valence-corrected chi connectivity index (χ2v) is 3.20. The molecule has 0 saturated heterocycles. The first-order valence-corrected chi connectivity index (χ1v) is 4.42. The highest BCUT2D eigenvalue weighted by molar-refractivity contribution is 5.94. The third kappa shape index (κ3) is 2.74. The number of nitro benzene ring substituents is 1. The van der Waals surface area contributed by atoms with Crippen molar-refractivity contribution in [1.29, 1.82) is 0 Å². The Hall–Kier alpha value is -2.02. The van der Waals surface area contributed by atoms with Gasteiger partial charge in [0.05, 0.1) is 22.7 Å². The fourth-order valence-electron chi connectivity index (χ4n) is 0.966. The van der Waals surface area contributed by atoms with Crippen LogP contribution in [0.4, 0.5) is 15.8 Å². The Balaban J connectivity index is 2.91. The smallest absolute Gasteiger partial charge is 0.272 e. The molecule has 1 aromatic carbocycles. The van der Waals surface area contributed by atoms with E-state index in [-0.39, 0.29) is 11.4 Å². The van der Waals surface area contributed by atoms with E-state index in [1.54, 1.807) is 0 Å². The van der Waals surface area contributed by atoms with Crippen molar-refractivity contribution in [3.05, 3.63) is 34.1 Å². The lowest BCUT2D eigenvalue weighted by Crippen LogP contribution is -2.32. The Morgan fingerprint density at radius 2 is 2.25 bits per heavy atom. The number of carbonyl (C=O) groups is 1. The van der Waals surface area contributed by atoms with Crippen LogP contribution in [0.3, 0.4) is 0 Å². The van der Waals surface area contributed by atoms with Crippen LogP contribution in [-0.2, 0) is 4.79 Å². The highest BCUT2D eigenvalue weighted by atomic mass is 19.1. The number of non-ortho nitro benzene ring substituents is 1. The van der Waals surface area contributed by atoms with E-state index in [9.17, 15) is 19.3 Å². The number of halogens is 1. The molecule has 0 aliphatic rings.